The highest BCUT2D eigenvalue weighted by atomic mass is 16.5. The van der Waals surface area contributed by atoms with E-state index < -0.39 is 0 Å². The molecule has 2 rings (SSSR count). The van der Waals surface area contributed by atoms with E-state index in [1.807, 2.05) is 30.5 Å². The second-order valence-corrected chi connectivity index (χ2v) is 3.75. The quantitative estimate of drug-likeness (QED) is 0.876. The lowest BCUT2D eigenvalue weighted by Crippen LogP contribution is -2.07. The highest BCUT2D eigenvalue weighted by Crippen LogP contribution is 2.22. The largest absolute Gasteiger partial charge is 0.497 e. The number of nitrogens with two attached hydrogens (primary N) is 1. The van der Waals surface area contributed by atoms with Gasteiger partial charge < -0.3 is 15.0 Å². The molecule has 0 amide bonds. The van der Waals surface area contributed by atoms with Crippen molar-refractivity contribution in [1.29, 1.82) is 0 Å². The van der Waals surface area contributed by atoms with Crippen LogP contribution >= 0.6 is 0 Å². The van der Waals surface area contributed by atoms with Crippen LogP contribution in [0.1, 0.15) is 12.6 Å². The number of imidazole rings is 1. The minimum atomic E-state index is 0.511. The van der Waals surface area contributed by atoms with Crippen LogP contribution in [0.25, 0.3) is 11.4 Å². The summed E-state index contributed by atoms with van der Waals surface area (Å²) in [4.78, 5) is 4.43. The summed E-state index contributed by atoms with van der Waals surface area (Å²) in [6, 6.07) is 7.89. The van der Waals surface area contributed by atoms with Gasteiger partial charge in [0.1, 0.15) is 11.6 Å². The molecule has 1 aromatic heterocycles. The first kappa shape index (κ1) is 11.7. The molecule has 90 valence electrons. The third-order valence-corrected chi connectivity index (χ3v) is 2.81. The smallest absolute Gasteiger partial charge is 0.140 e. The molecule has 0 bridgehead atoms. The predicted molar refractivity (Wildman–Crippen MR) is 67.8 cm³/mol. The Balaban J connectivity index is 2.41. The number of aromatic nitrogens is 2. The van der Waals surface area contributed by atoms with Crippen LogP contribution in [0.4, 0.5) is 0 Å². The Hall–Kier alpha value is -1.81. The monoisotopic (exact) mass is 231 g/mol. The van der Waals surface area contributed by atoms with Crippen molar-refractivity contribution in [2.45, 2.75) is 20.0 Å². The second kappa shape index (κ2) is 5.01. The first-order valence-electron chi connectivity index (χ1n) is 5.69. The molecule has 0 aliphatic heterocycles. The molecule has 2 aromatic rings. The van der Waals surface area contributed by atoms with E-state index in [1.54, 1.807) is 7.11 Å². The number of hydrogen-bond acceptors (Lipinski definition) is 3. The van der Waals surface area contributed by atoms with Crippen LogP contribution in [0.2, 0.25) is 0 Å². The Labute approximate surface area is 101 Å². The topological polar surface area (TPSA) is 53.1 Å². The summed E-state index contributed by atoms with van der Waals surface area (Å²) in [5.74, 6) is 1.80. The van der Waals surface area contributed by atoms with Gasteiger partial charge in [-0.05, 0) is 31.2 Å². The van der Waals surface area contributed by atoms with Crippen LogP contribution in [-0.4, -0.2) is 16.7 Å². The average Bonchev–Trinajstić information content (AvgIpc) is 2.81. The number of methoxy groups -OCH3 is 1. The molecular formula is C13H17N3O. The molecule has 0 spiro atoms. The van der Waals surface area contributed by atoms with E-state index in [9.17, 15) is 0 Å². The van der Waals surface area contributed by atoms with Crippen molar-refractivity contribution in [2.24, 2.45) is 5.73 Å². The highest BCUT2D eigenvalue weighted by Gasteiger charge is 2.09. The fourth-order valence-corrected chi connectivity index (χ4v) is 1.90. The fraction of sp³-hybridized carbons (Fsp3) is 0.308. The first-order valence-corrected chi connectivity index (χ1v) is 5.69. The van der Waals surface area contributed by atoms with Gasteiger partial charge in [0.2, 0.25) is 0 Å². The molecule has 0 saturated heterocycles. The highest BCUT2D eigenvalue weighted by molar-refractivity contribution is 5.57. The van der Waals surface area contributed by atoms with Crippen molar-refractivity contribution in [3.05, 3.63) is 36.2 Å². The van der Waals surface area contributed by atoms with Gasteiger partial charge in [-0.2, -0.15) is 0 Å². The summed E-state index contributed by atoms with van der Waals surface area (Å²) in [6.07, 6.45) is 1.84. The van der Waals surface area contributed by atoms with Gasteiger partial charge >= 0.3 is 0 Å². The van der Waals surface area contributed by atoms with Crippen molar-refractivity contribution >= 4 is 0 Å². The standard InChI is InChI=1S/C13H17N3O/c1-3-16-11(8-14)9-15-13(16)10-4-6-12(17-2)7-5-10/h4-7,9H,3,8,14H2,1-2H3. The molecule has 4 nitrogen and oxygen atoms in total. The molecule has 17 heavy (non-hydrogen) atoms. The maximum Gasteiger partial charge on any atom is 0.140 e. The predicted octanol–water partition coefficient (Wildman–Crippen LogP) is 2.04. The van der Waals surface area contributed by atoms with E-state index in [2.05, 4.69) is 16.5 Å². The zero-order valence-electron chi connectivity index (χ0n) is 10.2. The number of rotatable bonds is 4. The minimum Gasteiger partial charge on any atom is -0.497 e. The van der Waals surface area contributed by atoms with E-state index in [1.165, 1.54) is 0 Å². The third kappa shape index (κ3) is 2.17. The van der Waals surface area contributed by atoms with Gasteiger partial charge in [-0.15, -0.1) is 0 Å². The molecule has 0 unspecified atom stereocenters. The third-order valence-electron chi connectivity index (χ3n) is 2.81. The molecule has 4 heteroatoms. The Morgan fingerprint density at radius 2 is 2.00 bits per heavy atom. The van der Waals surface area contributed by atoms with Crippen molar-refractivity contribution in [2.75, 3.05) is 7.11 Å². The molecule has 1 heterocycles. The van der Waals surface area contributed by atoms with Crippen LogP contribution in [0, 0.1) is 0 Å². The van der Waals surface area contributed by atoms with Crippen LogP contribution in [0.3, 0.4) is 0 Å². The normalized spacial score (nSPS) is 10.5. The van der Waals surface area contributed by atoms with E-state index in [-0.39, 0.29) is 0 Å². The molecule has 0 fully saturated rings. The minimum absolute atomic E-state index is 0.511. The van der Waals surface area contributed by atoms with Gasteiger partial charge in [-0.25, -0.2) is 4.98 Å². The second-order valence-electron chi connectivity index (χ2n) is 3.75. The number of hydrogen-bond donors (Lipinski definition) is 1. The van der Waals surface area contributed by atoms with Crippen molar-refractivity contribution in [1.82, 2.24) is 9.55 Å². The Morgan fingerprint density at radius 1 is 1.29 bits per heavy atom. The summed E-state index contributed by atoms with van der Waals surface area (Å²) < 4.78 is 7.27. The van der Waals surface area contributed by atoms with Gasteiger partial charge in [0.05, 0.1) is 19.0 Å². The fourth-order valence-electron chi connectivity index (χ4n) is 1.90. The van der Waals surface area contributed by atoms with Gasteiger partial charge in [0.25, 0.3) is 0 Å². The first-order chi connectivity index (χ1) is 8.30. The summed E-state index contributed by atoms with van der Waals surface area (Å²) in [5.41, 5.74) is 7.81. The molecule has 0 radical (unpaired) electrons. The molecule has 0 aliphatic carbocycles. The number of benzene rings is 1. The van der Waals surface area contributed by atoms with Crippen LogP contribution in [0.5, 0.6) is 5.75 Å². The van der Waals surface area contributed by atoms with E-state index in [0.29, 0.717) is 6.54 Å². The lowest BCUT2D eigenvalue weighted by molar-refractivity contribution is 0.415. The van der Waals surface area contributed by atoms with Gasteiger partial charge in [0, 0.05) is 18.7 Å². The molecular weight excluding hydrogens is 214 g/mol. The zero-order valence-corrected chi connectivity index (χ0v) is 10.2. The summed E-state index contributed by atoms with van der Waals surface area (Å²) in [7, 11) is 1.66. The SMILES string of the molecule is CCn1c(CN)cnc1-c1ccc(OC)cc1. The van der Waals surface area contributed by atoms with Gasteiger partial charge in [-0.3, -0.25) is 0 Å². The summed E-state index contributed by atoms with van der Waals surface area (Å²) in [5, 5.41) is 0. The lowest BCUT2D eigenvalue weighted by Gasteiger charge is -2.08. The Kier molecular flexibility index (Phi) is 3.44. The summed E-state index contributed by atoms with van der Waals surface area (Å²) >= 11 is 0. The number of ether oxygens (including phenoxy) is 1. The number of nitrogens with zero attached hydrogens (tertiary/aromatic N) is 2. The van der Waals surface area contributed by atoms with Crippen LogP contribution < -0.4 is 10.5 Å². The van der Waals surface area contributed by atoms with Gasteiger partial charge in [0.15, 0.2) is 0 Å². The molecule has 0 saturated carbocycles. The maximum atomic E-state index is 5.68. The Bertz CT molecular complexity index is 488. The van der Waals surface area contributed by atoms with Crippen molar-refractivity contribution in [3.8, 4) is 17.1 Å². The average molecular weight is 231 g/mol. The van der Waals surface area contributed by atoms with Crippen LogP contribution in [0.15, 0.2) is 30.5 Å². The van der Waals surface area contributed by atoms with E-state index in [4.69, 9.17) is 10.5 Å². The Morgan fingerprint density at radius 3 is 2.53 bits per heavy atom. The molecule has 2 N–H and O–H groups in total. The van der Waals surface area contributed by atoms with E-state index in [0.717, 1.165) is 29.4 Å². The molecule has 1 aromatic carbocycles. The van der Waals surface area contributed by atoms with Crippen LogP contribution in [-0.2, 0) is 13.1 Å². The zero-order chi connectivity index (χ0) is 12.3. The lowest BCUT2D eigenvalue weighted by atomic mass is 10.2. The maximum absolute atomic E-state index is 5.68. The molecule has 0 atom stereocenters. The molecule has 0 aliphatic rings. The van der Waals surface area contributed by atoms with Crippen molar-refractivity contribution in [3.63, 3.8) is 0 Å². The summed E-state index contributed by atoms with van der Waals surface area (Å²) in [6.45, 7) is 3.47. The van der Waals surface area contributed by atoms with Crippen molar-refractivity contribution < 1.29 is 4.74 Å². The van der Waals surface area contributed by atoms with E-state index >= 15 is 0 Å². The van der Waals surface area contributed by atoms with Gasteiger partial charge in [-0.1, -0.05) is 0 Å².